The summed E-state index contributed by atoms with van der Waals surface area (Å²) in [6, 6.07) is 10.5. The molecule has 1 aliphatic carbocycles. The van der Waals surface area contributed by atoms with Crippen LogP contribution in [0.4, 0.5) is 5.95 Å². The lowest BCUT2D eigenvalue weighted by molar-refractivity contribution is 0.312. The van der Waals surface area contributed by atoms with Crippen LogP contribution in [0.3, 0.4) is 0 Å². The highest BCUT2D eigenvalue weighted by atomic mass is 15.6. The van der Waals surface area contributed by atoms with Gasteiger partial charge in [0.25, 0.3) is 0 Å². The molecule has 0 radical (unpaired) electrons. The van der Waals surface area contributed by atoms with Gasteiger partial charge in [-0.25, -0.2) is 0 Å². The third kappa shape index (κ3) is 3.23. The Hall–Kier alpha value is -1.91. The van der Waals surface area contributed by atoms with Crippen molar-refractivity contribution in [1.82, 2.24) is 20.2 Å². The van der Waals surface area contributed by atoms with Gasteiger partial charge < -0.3 is 5.32 Å². The van der Waals surface area contributed by atoms with Crippen LogP contribution in [0, 0.1) is 5.92 Å². The zero-order valence-corrected chi connectivity index (χ0v) is 12.6. The maximum atomic E-state index is 4.17. The molecule has 1 aromatic carbocycles. The summed E-state index contributed by atoms with van der Waals surface area (Å²) in [5.74, 6) is 1.49. The van der Waals surface area contributed by atoms with Gasteiger partial charge in [-0.3, -0.25) is 0 Å². The van der Waals surface area contributed by atoms with Crippen molar-refractivity contribution in [3.05, 3.63) is 30.3 Å². The summed E-state index contributed by atoms with van der Waals surface area (Å²) in [6.07, 6.45) is 7.83. The van der Waals surface area contributed by atoms with E-state index in [-0.39, 0.29) is 0 Å². The Bertz CT molecular complexity index is 545. The van der Waals surface area contributed by atoms with Crippen LogP contribution in [-0.2, 0) is 0 Å². The van der Waals surface area contributed by atoms with E-state index in [1.165, 1.54) is 32.1 Å². The summed E-state index contributed by atoms with van der Waals surface area (Å²) in [7, 11) is 0. The van der Waals surface area contributed by atoms with Crippen molar-refractivity contribution in [1.29, 1.82) is 0 Å². The van der Waals surface area contributed by atoms with E-state index in [0.29, 0.717) is 6.04 Å². The second-order valence-corrected chi connectivity index (χ2v) is 5.81. The van der Waals surface area contributed by atoms with Gasteiger partial charge in [0.2, 0.25) is 5.95 Å². The molecule has 1 heterocycles. The van der Waals surface area contributed by atoms with E-state index < -0.39 is 0 Å². The fourth-order valence-electron chi connectivity index (χ4n) is 3.28. The lowest BCUT2D eigenvalue weighted by Crippen LogP contribution is -2.31. The minimum Gasteiger partial charge on any atom is -0.350 e. The van der Waals surface area contributed by atoms with E-state index in [1.807, 2.05) is 30.3 Å². The Morgan fingerprint density at radius 1 is 1.19 bits per heavy atom. The van der Waals surface area contributed by atoms with Crippen molar-refractivity contribution in [2.24, 2.45) is 5.92 Å². The SMILES string of the molecule is CCC(Nc1nnnn1-c1ccccc1)C1CCCCC1. The highest BCUT2D eigenvalue weighted by Crippen LogP contribution is 2.29. The third-order valence-corrected chi connectivity index (χ3v) is 4.44. The van der Waals surface area contributed by atoms with Crippen LogP contribution in [0.25, 0.3) is 5.69 Å². The van der Waals surface area contributed by atoms with E-state index in [0.717, 1.165) is 24.0 Å². The quantitative estimate of drug-likeness (QED) is 0.914. The Balaban J connectivity index is 1.76. The van der Waals surface area contributed by atoms with Gasteiger partial charge >= 0.3 is 0 Å². The molecule has 5 nitrogen and oxygen atoms in total. The molecule has 3 rings (SSSR count). The Labute approximate surface area is 125 Å². The maximum Gasteiger partial charge on any atom is 0.247 e. The molecule has 1 saturated carbocycles. The standard InChI is InChI=1S/C16H23N5/c1-2-15(13-9-5-3-6-10-13)17-16-18-19-20-21(16)14-11-7-4-8-12-14/h4,7-8,11-13,15H,2-3,5-6,9-10H2,1H3,(H,17,18,20). The molecule has 0 saturated heterocycles. The van der Waals surface area contributed by atoms with E-state index in [4.69, 9.17) is 0 Å². The van der Waals surface area contributed by atoms with Crippen molar-refractivity contribution in [3.63, 3.8) is 0 Å². The van der Waals surface area contributed by atoms with Gasteiger partial charge in [0.1, 0.15) is 0 Å². The Morgan fingerprint density at radius 3 is 2.67 bits per heavy atom. The van der Waals surface area contributed by atoms with Crippen LogP contribution >= 0.6 is 0 Å². The predicted octanol–water partition coefficient (Wildman–Crippen LogP) is 3.43. The lowest BCUT2D eigenvalue weighted by Gasteiger charge is -2.30. The van der Waals surface area contributed by atoms with Crippen LogP contribution in [0.5, 0.6) is 0 Å². The molecule has 1 N–H and O–H groups in total. The first-order chi connectivity index (χ1) is 10.4. The van der Waals surface area contributed by atoms with Gasteiger partial charge in [0, 0.05) is 6.04 Å². The molecule has 0 aliphatic heterocycles. The number of nitrogens with zero attached hydrogens (tertiary/aromatic N) is 4. The molecule has 112 valence electrons. The molecule has 1 aliphatic rings. The number of hydrogen-bond donors (Lipinski definition) is 1. The van der Waals surface area contributed by atoms with Gasteiger partial charge in [0.05, 0.1) is 5.69 Å². The number of para-hydroxylation sites is 1. The molecule has 0 amide bonds. The molecule has 1 fully saturated rings. The number of rotatable bonds is 5. The van der Waals surface area contributed by atoms with Gasteiger partial charge in [0.15, 0.2) is 0 Å². The van der Waals surface area contributed by atoms with Crippen molar-refractivity contribution in [2.75, 3.05) is 5.32 Å². The largest absolute Gasteiger partial charge is 0.350 e. The molecule has 1 atom stereocenters. The number of benzene rings is 1. The summed E-state index contributed by atoms with van der Waals surface area (Å²) in [4.78, 5) is 0. The lowest BCUT2D eigenvalue weighted by atomic mass is 9.83. The van der Waals surface area contributed by atoms with E-state index in [2.05, 4.69) is 27.8 Å². The molecule has 0 bridgehead atoms. The summed E-state index contributed by atoms with van der Waals surface area (Å²) in [5.41, 5.74) is 0.989. The van der Waals surface area contributed by atoms with Crippen LogP contribution in [0.1, 0.15) is 45.4 Å². The second-order valence-electron chi connectivity index (χ2n) is 5.81. The van der Waals surface area contributed by atoms with Crippen LogP contribution in [0.2, 0.25) is 0 Å². The smallest absolute Gasteiger partial charge is 0.247 e. The fourth-order valence-corrected chi connectivity index (χ4v) is 3.28. The summed E-state index contributed by atoms with van der Waals surface area (Å²) in [5, 5.41) is 15.7. The average molecular weight is 285 g/mol. The van der Waals surface area contributed by atoms with Crippen LogP contribution < -0.4 is 5.32 Å². The van der Waals surface area contributed by atoms with Crippen LogP contribution in [-0.4, -0.2) is 26.2 Å². The normalized spacial score (nSPS) is 17.6. The van der Waals surface area contributed by atoms with Crippen LogP contribution in [0.15, 0.2) is 30.3 Å². The minimum absolute atomic E-state index is 0.457. The van der Waals surface area contributed by atoms with Gasteiger partial charge in [-0.1, -0.05) is 49.5 Å². The maximum absolute atomic E-state index is 4.17. The number of anilines is 1. The first kappa shape index (κ1) is 14.0. The zero-order chi connectivity index (χ0) is 14.5. The fraction of sp³-hybridized carbons (Fsp3) is 0.562. The second kappa shape index (κ2) is 6.70. The minimum atomic E-state index is 0.457. The molecule has 1 unspecified atom stereocenters. The molecular formula is C16H23N5. The van der Waals surface area contributed by atoms with Gasteiger partial charge in [-0.2, -0.15) is 4.68 Å². The van der Waals surface area contributed by atoms with Crippen molar-refractivity contribution in [3.8, 4) is 5.69 Å². The molecular weight excluding hydrogens is 262 g/mol. The number of hydrogen-bond acceptors (Lipinski definition) is 4. The predicted molar refractivity (Wildman–Crippen MR) is 83.4 cm³/mol. The molecule has 1 aromatic heterocycles. The topological polar surface area (TPSA) is 55.6 Å². The van der Waals surface area contributed by atoms with Gasteiger partial charge in [-0.05, 0) is 47.7 Å². The number of nitrogens with one attached hydrogen (secondary N) is 1. The summed E-state index contributed by atoms with van der Waals surface area (Å²) in [6.45, 7) is 2.24. The van der Waals surface area contributed by atoms with Crippen molar-refractivity contribution >= 4 is 5.95 Å². The monoisotopic (exact) mass is 285 g/mol. The highest BCUT2D eigenvalue weighted by Gasteiger charge is 2.24. The first-order valence-electron chi connectivity index (χ1n) is 7.99. The molecule has 0 spiro atoms. The third-order valence-electron chi connectivity index (χ3n) is 4.44. The van der Waals surface area contributed by atoms with E-state index >= 15 is 0 Å². The molecule has 5 heteroatoms. The average Bonchev–Trinajstić information content (AvgIpc) is 3.02. The summed E-state index contributed by atoms with van der Waals surface area (Å²) < 4.78 is 1.78. The Kier molecular flexibility index (Phi) is 4.48. The van der Waals surface area contributed by atoms with Crippen molar-refractivity contribution in [2.45, 2.75) is 51.5 Å². The molecule has 2 aromatic rings. The van der Waals surface area contributed by atoms with Gasteiger partial charge in [-0.15, -0.1) is 0 Å². The number of tetrazole rings is 1. The Morgan fingerprint density at radius 2 is 1.95 bits per heavy atom. The number of aromatic nitrogens is 4. The zero-order valence-electron chi connectivity index (χ0n) is 12.6. The van der Waals surface area contributed by atoms with E-state index in [9.17, 15) is 0 Å². The molecule has 21 heavy (non-hydrogen) atoms. The van der Waals surface area contributed by atoms with E-state index in [1.54, 1.807) is 4.68 Å². The highest BCUT2D eigenvalue weighted by molar-refractivity contribution is 5.39. The first-order valence-corrected chi connectivity index (χ1v) is 7.99. The van der Waals surface area contributed by atoms with Crippen molar-refractivity contribution < 1.29 is 0 Å². The summed E-state index contributed by atoms with van der Waals surface area (Å²) >= 11 is 0.